The number of hydrogen-bond acceptors (Lipinski definition) is 4. The van der Waals surface area contributed by atoms with Crippen molar-refractivity contribution in [1.29, 1.82) is 5.26 Å². The van der Waals surface area contributed by atoms with Crippen molar-refractivity contribution in [3.8, 4) is 11.8 Å². The summed E-state index contributed by atoms with van der Waals surface area (Å²) in [6, 6.07) is 9.33. The Labute approximate surface area is 133 Å². The molecule has 5 heteroatoms. The average molecular weight is 312 g/mol. The Balaban J connectivity index is 1.92. The monoisotopic (exact) mass is 312 g/mol. The van der Waals surface area contributed by atoms with Crippen molar-refractivity contribution < 1.29 is 9.53 Å². The predicted molar refractivity (Wildman–Crippen MR) is 86.6 cm³/mol. The molecule has 112 valence electrons. The van der Waals surface area contributed by atoms with Gasteiger partial charge < -0.3 is 10.1 Å². The zero-order valence-corrected chi connectivity index (χ0v) is 13.1. The normalized spacial score (nSPS) is 13.1. The number of anilines is 1. The number of methoxy groups -OCH3 is 1. The highest BCUT2D eigenvalue weighted by Gasteiger charge is 2.22. The van der Waals surface area contributed by atoms with Gasteiger partial charge in [-0.15, -0.1) is 11.3 Å². The Morgan fingerprint density at radius 1 is 1.32 bits per heavy atom. The second kappa shape index (κ2) is 6.20. The fourth-order valence-corrected chi connectivity index (χ4v) is 4.01. The topological polar surface area (TPSA) is 62.1 Å². The molecular weight excluding hydrogens is 296 g/mol. The first-order valence-electron chi connectivity index (χ1n) is 7.23. The molecule has 0 unspecified atom stereocenters. The fourth-order valence-electron chi connectivity index (χ4n) is 2.77. The number of benzene rings is 1. The third-order valence-corrected chi connectivity index (χ3v) is 5.07. The molecule has 0 atom stereocenters. The van der Waals surface area contributed by atoms with Crippen LogP contribution in [-0.4, -0.2) is 13.0 Å². The smallest absolute Gasteiger partial charge is 0.260 e. The molecule has 22 heavy (non-hydrogen) atoms. The van der Waals surface area contributed by atoms with Crippen molar-refractivity contribution in [2.75, 3.05) is 12.4 Å². The molecule has 4 nitrogen and oxygen atoms in total. The SMILES string of the molecule is COc1ccccc1C(=O)Nc1sc2c(c1C#N)CCCC2. The molecule has 1 N–H and O–H groups in total. The molecule has 0 bridgehead atoms. The largest absolute Gasteiger partial charge is 0.496 e. The van der Waals surface area contributed by atoms with Gasteiger partial charge in [0.25, 0.3) is 5.91 Å². The highest BCUT2D eigenvalue weighted by molar-refractivity contribution is 7.16. The quantitative estimate of drug-likeness (QED) is 0.938. The number of para-hydroxylation sites is 1. The number of nitrogens with one attached hydrogen (secondary N) is 1. The van der Waals surface area contributed by atoms with E-state index in [1.165, 1.54) is 23.3 Å². The minimum absolute atomic E-state index is 0.243. The number of carbonyl (C=O) groups excluding carboxylic acids is 1. The number of ether oxygens (including phenoxy) is 1. The van der Waals surface area contributed by atoms with Crippen LogP contribution in [0.25, 0.3) is 0 Å². The Morgan fingerprint density at radius 2 is 2.09 bits per heavy atom. The van der Waals surface area contributed by atoms with E-state index in [-0.39, 0.29) is 5.91 Å². The maximum Gasteiger partial charge on any atom is 0.260 e. The number of fused-ring (bicyclic) bond motifs is 1. The van der Waals surface area contributed by atoms with E-state index in [0.717, 1.165) is 31.2 Å². The van der Waals surface area contributed by atoms with E-state index >= 15 is 0 Å². The van der Waals surface area contributed by atoms with E-state index in [0.29, 0.717) is 21.9 Å². The summed E-state index contributed by atoms with van der Waals surface area (Å²) in [5.41, 5.74) is 2.22. The van der Waals surface area contributed by atoms with E-state index in [1.54, 1.807) is 18.2 Å². The number of nitriles is 1. The fraction of sp³-hybridized carbons (Fsp3) is 0.294. The summed E-state index contributed by atoms with van der Waals surface area (Å²) in [4.78, 5) is 13.7. The summed E-state index contributed by atoms with van der Waals surface area (Å²) in [5.74, 6) is 0.285. The van der Waals surface area contributed by atoms with Gasteiger partial charge in [0.2, 0.25) is 0 Å². The van der Waals surface area contributed by atoms with Crippen molar-refractivity contribution in [3.05, 3.63) is 45.8 Å². The van der Waals surface area contributed by atoms with E-state index in [1.807, 2.05) is 6.07 Å². The summed E-state index contributed by atoms with van der Waals surface area (Å²) >= 11 is 1.53. The molecular formula is C17H16N2O2S. The summed E-state index contributed by atoms with van der Waals surface area (Å²) < 4.78 is 5.22. The Hall–Kier alpha value is -2.32. The molecule has 0 saturated carbocycles. The number of hydrogen-bond donors (Lipinski definition) is 1. The minimum Gasteiger partial charge on any atom is -0.496 e. The zero-order chi connectivity index (χ0) is 15.5. The lowest BCUT2D eigenvalue weighted by Gasteiger charge is -2.09. The standard InChI is InChI=1S/C17H16N2O2S/c1-21-14-8-4-2-7-12(14)16(20)19-17-13(10-18)11-6-3-5-9-15(11)22-17/h2,4,7-8H,3,5-6,9H2,1H3,(H,19,20). The van der Waals surface area contributed by atoms with Gasteiger partial charge in [0.1, 0.15) is 16.8 Å². The molecule has 0 aliphatic heterocycles. The molecule has 3 rings (SSSR count). The maximum atomic E-state index is 12.5. The molecule has 1 heterocycles. The van der Waals surface area contributed by atoms with Gasteiger partial charge in [0.05, 0.1) is 18.2 Å². The van der Waals surface area contributed by atoms with Crippen LogP contribution in [0.2, 0.25) is 0 Å². The minimum atomic E-state index is -0.243. The Morgan fingerprint density at radius 3 is 2.86 bits per heavy atom. The second-order valence-corrected chi connectivity index (χ2v) is 6.29. The first kappa shape index (κ1) is 14.6. The lowest BCUT2D eigenvalue weighted by molar-refractivity contribution is 0.102. The van der Waals surface area contributed by atoms with Crippen LogP contribution in [0.3, 0.4) is 0 Å². The lowest BCUT2D eigenvalue weighted by atomic mass is 9.96. The maximum absolute atomic E-state index is 12.5. The average Bonchev–Trinajstić information content (AvgIpc) is 2.91. The van der Waals surface area contributed by atoms with Crippen LogP contribution >= 0.6 is 11.3 Å². The molecule has 0 spiro atoms. The third-order valence-electron chi connectivity index (χ3n) is 3.86. The van der Waals surface area contributed by atoms with Crippen LogP contribution in [0, 0.1) is 11.3 Å². The van der Waals surface area contributed by atoms with Gasteiger partial charge in [0.15, 0.2) is 0 Å². The number of nitrogens with zero attached hydrogens (tertiary/aromatic N) is 1. The van der Waals surface area contributed by atoms with Crippen LogP contribution in [0.4, 0.5) is 5.00 Å². The van der Waals surface area contributed by atoms with Crippen molar-refractivity contribution in [2.24, 2.45) is 0 Å². The van der Waals surface area contributed by atoms with Crippen molar-refractivity contribution in [2.45, 2.75) is 25.7 Å². The molecule has 1 aliphatic rings. The van der Waals surface area contributed by atoms with Gasteiger partial charge >= 0.3 is 0 Å². The summed E-state index contributed by atoms with van der Waals surface area (Å²) in [5, 5.41) is 13.0. The number of amides is 1. The van der Waals surface area contributed by atoms with E-state index in [9.17, 15) is 10.1 Å². The van der Waals surface area contributed by atoms with E-state index in [2.05, 4.69) is 11.4 Å². The molecule has 1 aromatic carbocycles. The highest BCUT2D eigenvalue weighted by Crippen LogP contribution is 2.38. The summed E-state index contributed by atoms with van der Waals surface area (Å²) in [7, 11) is 1.54. The van der Waals surface area contributed by atoms with Gasteiger partial charge in [0, 0.05) is 4.88 Å². The Kier molecular flexibility index (Phi) is 4.12. The van der Waals surface area contributed by atoms with E-state index < -0.39 is 0 Å². The molecule has 1 aliphatic carbocycles. The molecule has 1 amide bonds. The highest BCUT2D eigenvalue weighted by atomic mass is 32.1. The molecule has 1 aromatic heterocycles. The first-order valence-corrected chi connectivity index (χ1v) is 8.05. The zero-order valence-electron chi connectivity index (χ0n) is 12.3. The van der Waals surface area contributed by atoms with Gasteiger partial charge in [-0.1, -0.05) is 12.1 Å². The number of thiophene rings is 1. The molecule has 0 saturated heterocycles. The van der Waals surface area contributed by atoms with Gasteiger partial charge in [-0.05, 0) is 43.4 Å². The van der Waals surface area contributed by atoms with Crippen molar-refractivity contribution in [3.63, 3.8) is 0 Å². The van der Waals surface area contributed by atoms with Crippen LogP contribution in [0.1, 0.15) is 39.2 Å². The van der Waals surface area contributed by atoms with Crippen LogP contribution in [-0.2, 0) is 12.8 Å². The molecule has 2 aromatic rings. The number of aryl methyl sites for hydroxylation is 1. The molecule has 0 radical (unpaired) electrons. The Bertz CT molecular complexity index is 759. The second-order valence-electron chi connectivity index (χ2n) is 5.18. The van der Waals surface area contributed by atoms with Gasteiger partial charge in [-0.25, -0.2) is 0 Å². The third kappa shape index (κ3) is 2.58. The van der Waals surface area contributed by atoms with Gasteiger partial charge in [-0.2, -0.15) is 5.26 Å². The van der Waals surface area contributed by atoms with Crippen molar-refractivity contribution in [1.82, 2.24) is 0 Å². The summed E-state index contributed by atoms with van der Waals surface area (Å²) in [6.07, 6.45) is 4.19. The van der Waals surface area contributed by atoms with Gasteiger partial charge in [-0.3, -0.25) is 4.79 Å². The van der Waals surface area contributed by atoms with Crippen LogP contribution < -0.4 is 10.1 Å². The van der Waals surface area contributed by atoms with Crippen LogP contribution in [0.15, 0.2) is 24.3 Å². The first-order chi connectivity index (χ1) is 10.7. The predicted octanol–water partition coefficient (Wildman–Crippen LogP) is 3.76. The van der Waals surface area contributed by atoms with E-state index in [4.69, 9.17) is 4.74 Å². The molecule has 0 fully saturated rings. The number of rotatable bonds is 3. The lowest BCUT2D eigenvalue weighted by Crippen LogP contribution is -2.13. The summed E-state index contributed by atoms with van der Waals surface area (Å²) in [6.45, 7) is 0. The van der Waals surface area contributed by atoms with Crippen LogP contribution in [0.5, 0.6) is 5.75 Å². The van der Waals surface area contributed by atoms with Crippen molar-refractivity contribution >= 4 is 22.2 Å². The number of carbonyl (C=O) groups is 1.